The van der Waals surface area contributed by atoms with E-state index in [2.05, 4.69) is 20.3 Å². The summed E-state index contributed by atoms with van der Waals surface area (Å²) >= 11 is 0. The molecule has 0 unspecified atom stereocenters. The van der Waals surface area contributed by atoms with Gasteiger partial charge in [-0.3, -0.25) is 9.80 Å². The molecular weight excluding hydrogens is 310 g/mol. The lowest BCUT2D eigenvalue weighted by Crippen LogP contribution is -2.40. The molecule has 0 saturated heterocycles. The molecule has 0 aliphatic heterocycles. The van der Waals surface area contributed by atoms with Gasteiger partial charge in [0.25, 0.3) is 5.91 Å². The van der Waals surface area contributed by atoms with E-state index in [4.69, 9.17) is 11.6 Å². The lowest BCUT2D eigenvalue weighted by molar-refractivity contribution is -0.108. The standard InChI is InChI=1S/C15H19N7O2/c1-9-3-5-18-11(7-9)20-15-13(14(16)24)19-8-12(21-15)22(17)10(2)4-6-23/h3,5-8,10H,4,17H2,1-2H3,(H2,16,24)(H,18,20,21)/t10-/m1/s1. The van der Waals surface area contributed by atoms with Gasteiger partial charge in [-0.2, -0.15) is 0 Å². The number of anilines is 3. The van der Waals surface area contributed by atoms with Gasteiger partial charge < -0.3 is 15.8 Å². The van der Waals surface area contributed by atoms with Crippen LogP contribution in [0.4, 0.5) is 17.5 Å². The van der Waals surface area contributed by atoms with Crippen LogP contribution in [0.15, 0.2) is 24.5 Å². The number of nitrogens with two attached hydrogens (primary N) is 2. The molecule has 24 heavy (non-hydrogen) atoms. The van der Waals surface area contributed by atoms with E-state index in [0.717, 1.165) is 11.8 Å². The summed E-state index contributed by atoms with van der Waals surface area (Å²) in [4.78, 5) is 34.7. The van der Waals surface area contributed by atoms with E-state index < -0.39 is 5.91 Å². The Hall–Kier alpha value is -3.07. The number of nitrogens with zero attached hydrogens (tertiary/aromatic N) is 4. The van der Waals surface area contributed by atoms with Crippen molar-refractivity contribution in [2.75, 3.05) is 10.3 Å². The highest BCUT2D eigenvalue weighted by atomic mass is 16.1. The molecule has 126 valence electrons. The average molecular weight is 329 g/mol. The van der Waals surface area contributed by atoms with Crippen molar-refractivity contribution in [1.29, 1.82) is 0 Å². The van der Waals surface area contributed by atoms with Gasteiger partial charge in [0.1, 0.15) is 12.1 Å². The molecule has 2 aromatic rings. The number of pyridine rings is 1. The van der Waals surface area contributed by atoms with Crippen molar-refractivity contribution in [1.82, 2.24) is 15.0 Å². The average Bonchev–Trinajstić information content (AvgIpc) is 2.54. The quantitative estimate of drug-likeness (QED) is 0.382. The van der Waals surface area contributed by atoms with Gasteiger partial charge >= 0.3 is 0 Å². The molecule has 0 radical (unpaired) electrons. The number of carbonyl (C=O) groups excluding carboxylic acids is 2. The molecule has 1 atom stereocenters. The van der Waals surface area contributed by atoms with E-state index in [1.807, 2.05) is 13.0 Å². The highest BCUT2D eigenvalue weighted by Gasteiger charge is 2.18. The lowest BCUT2D eigenvalue weighted by atomic mass is 10.2. The summed E-state index contributed by atoms with van der Waals surface area (Å²) in [7, 11) is 0. The topological polar surface area (TPSA) is 140 Å². The molecule has 9 nitrogen and oxygen atoms in total. The van der Waals surface area contributed by atoms with Crippen LogP contribution in [-0.4, -0.2) is 33.2 Å². The molecule has 0 aliphatic rings. The fraction of sp³-hybridized carbons (Fsp3) is 0.267. The third-order valence-corrected chi connectivity index (χ3v) is 3.33. The second-order valence-corrected chi connectivity index (χ2v) is 5.29. The number of aldehydes is 1. The van der Waals surface area contributed by atoms with Crippen molar-refractivity contribution in [2.24, 2.45) is 11.6 Å². The van der Waals surface area contributed by atoms with Gasteiger partial charge in [0.2, 0.25) is 0 Å². The summed E-state index contributed by atoms with van der Waals surface area (Å²) in [6, 6.07) is 3.35. The van der Waals surface area contributed by atoms with Crippen LogP contribution in [0.2, 0.25) is 0 Å². The Labute approximate surface area is 139 Å². The summed E-state index contributed by atoms with van der Waals surface area (Å²) in [5, 5.41) is 4.23. The van der Waals surface area contributed by atoms with Crippen LogP contribution >= 0.6 is 0 Å². The van der Waals surface area contributed by atoms with Gasteiger partial charge in [-0.25, -0.2) is 20.8 Å². The summed E-state index contributed by atoms with van der Waals surface area (Å²) in [5.41, 5.74) is 6.29. The Morgan fingerprint density at radius 2 is 2.21 bits per heavy atom. The number of aromatic nitrogens is 3. The Bertz CT molecular complexity index is 750. The first-order valence-electron chi connectivity index (χ1n) is 7.26. The Morgan fingerprint density at radius 3 is 2.83 bits per heavy atom. The monoisotopic (exact) mass is 329 g/mol. The highest BCUT2D eigenvalue weighted by Crippen LogP contribution is 2.20. The smallest absolute Gasteiger partial charge is 0.271 e. The number of hydrazine groups is 1. The minimum atomic E-state index is -0.728. The molecule has 1 amide bonds. The zero-order chi connectivity index (χ0) is 17.7. The molecule has 2 heterocycles. The second-order valence-electron chi connectivity index (χ2n) is 5.29. The van der Waals surface area contributed by atoms with Gasteiger partial charge in [0.15, 0.2) is 17.3 Å². The molecule has 0 fully saturated rings. The number of carbonyl (C=O) groups is 2. The molecule has 2 aromatic heterocycles. The molecule has 5 N–H and O–H groups in total. The van der Waals surface area contributed by atoms with Crippen molar-refractivity contribution < 1.29 is 9.59 Å². The van der Waals surface area contributed by atoms with E-state index in [0.29, 0.717) is 11.6 Å². The van der Waals surface area contributed by atoms with Crippen LogP contribution in [0, 0.1) is 6.92 Å². The first kappa shape index (κ1) is 17.3. The summed E-state index contributed by atoms with van der Waals surface area (Å²) in [5.74, 6) is 6.16. The summed E-state index contributed by atoms with van der Waals surface area (Å²) in [6.45, 7) is 3.68. The van der Waals surface area contributed by atoms with Crippen LogP contribution in [0.1, 0.15) is 29.4 Å². The van der Waals surface area contributed by atoms with Crippen molar-refractivity contribution in [3.63, 3.8) is 0 Å². The van der Waals surface area contributed by atoms with E-state index >= 15 is 0 Å². The van der Waals surface area contributed by atoms with Gasteiger partial charge in [0, 0.05) is 12.6 Å². The van der Waals surface area contributed by atoms with E-state index in [-0.39, 0.29) is 24.0 Å². The highest BCUT2D eigenvalue weighted by molar-refractivity contribution is 5.96. The van der Waals surface area contributed by atoms with Gasteiger partial charge in [-0.15, -0.1) is 0 Å². The Kier molecular flexibility index (Phi) is 5.38. The van der Waals surface area contributed by atoms with Crippen LogP contribution < -0.4 is 21.9 Å². The van der Waals surface area contributed by atoms with Gasteiger partial charge in [-0.05, 0) is 31.5 Å². The first-order chi connectivity index (χ1) is 11.4. The van der Waals surface area contributed by atoms with Crippen molar-refractivity contribution in [3.05, 3.63) is 35.8 Å². The van der Waals surface area contributed by atoms with Gasteiger partial charge in [-0.1, -0.05) is 0 Å². The summed E-state index contributed by atoms with van der Waals surface area (Å²) < 4.78 is 0. The fourth-order valence-electron chi connectivity index (χ4n) is 1.98. The van der Waals surface area contributed by atoms with Crippen LogP contribution in [0.3, 0.4) is 0 Å². The molecule has 0 bridgehead atoms. The molecule has 0 spiro atoms. The Balaban J connectivity index is 2.38. The minimum absolute atomic E-state index is 0.0292. The maximum atomic E-state index is 11.6. The number of primary amides is 1. The lowest BCUT2D eigenvalue weighted by Gasteiger charge is -2.24. The molecular formula is C15H19N7O2. The number of hydrogen-bond donors (Lipinski definition) is 3. The zero-order valence-corrected chi connectivity index (χ0v) is 13.4. The number of amides is 1. The maximum absolute atomic E-state index is 11.6. The van der Waals surface area contributed by atoms with Crippen LogP contribution in [0.5, 0.6) is 0 Å². The predicted octanol–water partition coefficient (Wildman–Crippen LogP) is 0.680. The number of rotatable bonds is 7. The maximum Gasteiger partial charge on any atom is 0.271 e. The fourth-order valence-corrected chi connectivity index (χ4v) is 1.98. The Morgan fingerprint density at radius 1 is 1.46 bits per heavy atom. The molecule has 0 aromatic carbocycles. The van der Waals surface area contributed by atoms with Crippen molar-refractivity contribution in [2.45, 2.75) is 26.3 Å². The number of hydrogen-bond acceptors (Lipinski definition) is 8. The molecule has 0 aliphatic carbocycles. The van der Waals surface area contributed by atoms with Crippen LogP contribution in [-0.2, 0) is 4.79 Å². The SMILES string of the molecule is Cc1ccnc(Nc2nc(N(N)[C@H](C)CC=O)cnc2C(N)=O)c1. The number of nitrogens with one attached hydrogen (secondary N) is 1. The third kappa shape index (κ3) is 4.02. The van der Waals surface area contributed by atoms with Gasteiger partial charge in [0.05, 0.1) is 12.2 Å². The number of aryl methyl sites for hydroxylation is 1. The normalized spacial score (nSPS) is 11.6. The second kappa shape index (κ2) is 7.47. The van der Waals surface area contributed by atoms with Crippen molar-refractivity contribution >= 4 is 29.6 Å². The molecule has 2 rings (SSSR count). The van der Waals surface area contributed by atoms with Crippen molar-refractivity contribution in [3.8, 4) is 0 Å². The first-order valence-corrected chi connectivity index (χ1v) is 7.26. The molecule has 9 heteroatoms. The minimum Gasteiger partial charge on any atom is -0.364 e. The van der Waals surface area contributed by atoms with E-state index in [9.17, 15) is 9.59 Å². The van der Waals surface area contributed by atoms with E-state index in [1.54, 1.807) is 19.2 Å². The zero-order valence-electron chi connectivity index (χ0n) is 13.4. The predicted molar refractivity (Wildman–Crippen MR) is 89.6 cm³/mol. The molecule has 0 saturated carbocycles. The largest absolute Gasteiger partial charge is 0.364 e. The summed E-state index contributed by atoms with van der Waals surface area (Å²) in [6.07, 6.45) is 3.96. The van der Waals surface area contributed by atoms with Crippen LogP contribution in [0.25, 0.3) is 0 Å². The third-order valence-electron chi connectivity index (χ3n) is 3.33. The van der Waals surface area contributed by atoms with E-state index in [1.165, 1.54) is 11.2 Å².